The summed E-state index contributed by atoms with van der Waals surface area (Å²) in [5.74, 6) is 0.196. The molecule has 2 saturated heterocycles. The van der Waals surface area contributed by atoms with E-state index in [1.165, 1.54) is 7.11 Å². The Bertz CT molecular complexity index is 327. The summed E-state index contributed by atoms with van der Waals surface area (Å²) < 4.78 is 4.65. The maximum atomic E-state index is 12.3. The molecule has 0 aromatic heterocycles. The van der Waals surface area contributed by atoms with Crippen molar-refractivity contribution in [1.29, 1.82) is 0 Å². The molecule has 2 fully saturated rings. The van der Waals surface area contributed by atoms with Gasteiger partial charge in [0.25, 0.3) is 0 Å². The van der Waals surface area contributed by atoms with Gasteiger partial charge in [-0.3, -0.25) is 14.5 Å². The second kappa shape index (κ2) is 8.44. The van der Waals surface area contributed by atoms with Crippen LogP contribution in [0, 0.1) is 5.92 Å². The second-order valence-corrected chi connectivity index (χ2v) is 5.22. The van der Waals surface area contributed by atoms with Gasteiger partial charge >= 0.3 is 5.97 Å². The van der Waals surface area contributed by atoms with Crippen LogP contribution >= 0.6 is 12.4 Å². The van der Waals surface area contributed by atoms with E-state index in [0.717, 1.165) is 39.0 Å². The lowest BCUT2D eigenvalue weighted by Gasteiger charge is -2.36. The third-order valence-electron chi connectivity index (χ3n) is 3.91. The third-order valence-corrected chi connectivity index (χ3v) is 3.91. The molecule has 1 amide bonds. The van der Waals surface area contributed by atoms with E-state index in [4.69, 9.17) is 0 Å². The van der Waals surface area contributed by atoms with Gasteiger partial charge in [0.05, 0.1) is 19.6 Å². The maximum absolute atomic E-state index is 12.3. The number of carbonyl (C=O) groups excluding carboxylic acids is 2. The molecule has 0 spiro atoms. The average molecular weight is 306 g/mol. The number of carbonyl (C=O) groups is 2. The van der Waals surface area contributed by atoms with Crippen molar-refractivity contribution < 1.29 is 14.3 Å². The summed E-state index contributed by atoms with van der Waals surface area (Å²) in [6, 6.07) is 0. The monoisotopic (exact) mass is 305 g/mol. The van der Waals surface area contributed by atoms with Gasteiger partial charge in [0.1, 0.15) is 0 Å². The summed E-state index contributed by atoms with van der Waals surface area (Å²) in [5, 5.41) is 3.28. The molecule has 0 aromatic carbocycles. The summed E-state index contributed by atoms with van der Waals surface area (Å²) >= 11 is 0. The molecule has 0 unspecified atom stereocenters. The minimum absolute atomic E-state index is 0. The molecule has 2 heterocycles. The van der Waals surface area contributed by atoms with Gasteiger partial charge in [-0.05, 0) is 19.4 Å². The van der Waals surface area contributed by atoms with Gasteiger partial charge in [0.15, 0.2) is 0 Å². The van der Waals surface area contributed by atoms with Gasteiger partial charge in [0.2, 0.25) is 5.91 Å². The molecule has 2 rings (SSSR count). The van der Waals surface area contributed by atoms with Crippen LogP contribution in [0.3, 0.4) is 0 Å². The fourth-order valence-electron chi connectivity index (χ4n) is 2.69. The molecule has 1 atom stereocenters. The topological polar surface area (TPSA) is 61.9 Å². The average Bonchev–Trinajstić information content (AvgIpc) is 2.48. The van der Waals surface area contributed by atoms with Crippen molar-refractivity contribution in [2.24, 2.45) is 5.92 Å². The third kappa shape index (κ3) is 4.61. The van der Waals surface area contributed by atoms with E-state index in [-0.39, 0.29) is 30.2 Å². The molecule has 0 saturated carbocycles. The van der Waals surface area contributed by atoms with Crippen molar-refractivity contribution >= 4 is 24.3 Å². The van der Waals surface area contributed by atoms with Crippen LogP contribution in [0.1, 0.15) is 12.8 Å². The summed E-state index contributed by atoms with van der Waals surface area (Å²) in [6.45, 7) is 5.09. The number of piperidine rings is 1. The Balaban J connectivity index is 0.00000200. The molecule has 2 aliphatic heterocycles. The molecule has 0 aliphatic carbocycles. The lowest BCUT2D eigenvalue weighted by molar-refractivity contribution is -0.143. The molecule has 1 N–H and O–H groups in total. The highest BCUT2D eigenvalue weighted by Crippen LogP contribution is 2.15. The normalized spacial score (nSPS) is 23.9. The van der Waals surface area contributed by atoms with Crippen LogP contribution in [0.2, 0.25) is 0 Å². The number of hydrogen-bond acceptors (Lipinski definition) is 5. The first-order valence-corrected chi connectivity index (χ1v) is 6.99. The molecule has 0 radical (unpaired) electrons. The van der Waals surface area contributed by atoms with Crippen LogP contribution in [0.5, 0.6) is 0 Å². The second-order valence-electron chi connectivity index (χ2n) is 5.22. The van der Waals surface area contributed by atoms with Crippen LogP contribution in [0.15, 0.2) is 0 Å². The smallest absolute Gasteiger partial charge is 0.319 e. The Labute approximate surface area is 126 Å². The number of ether oxygens (including phenoxy) is 1. The van der Waals surface area contributed by atoms with Gasteiger partial charge in [-0.25, -0.2) is 0 Å². The number of methoxy groups -OCH3 is 1. The van der Waals surface area contributed by atoms with Crippen molar-refractivity contribution in [2.45, 2.75) is 12.8 Å². The Morgan fingerprint density at radius 2 is 1.95 bits per heavy atom. The van der Waals surface area contributed by atoms with Crippen molar-refractivity contribution in [3.63, 3.8) is 0 Å². The molecular weight excluding hydrogens is 282 g/mol. The largest absolute Gasteiger partial charge is 0.468 e. The number of halogens is 1. The zero-order valence-corrected chi connectivity index (χ0v) is 12.8. The van der Waals surface area contributed by atoms with Crippen molar-refractivity contribution in [3.8, 4) is 0 Å². The van der Waals surface area contributed by atoms with E-state index in [0.29, 0.717) is 19.6 Å². The number of nitrogens with one attached hydrogen (secondary N) is 1. The number of esters is 1. The number of amides is 1. The molecule has 116 valence electrons. The lowest BCUT2D eigenvalue weighted by atomic mass is 9.98. The number of nitrogens with zero attached hydrogens (tertiary/aromatic N) is 2. The maximum Gasteiger partial charge on any atom is 0.319 e. The molecule has 2 aliphatic rings. The SMILES string of the molecule is COC(=O)CN1CCN(C(=O)[C@@H]2CCCNC2)CC1.Cl. The molecule has 0 aromatic rings. The summed E-state index contributed by atoms with van der Waals surface area (Å²) in [5.41, 5.74) is 0. The van der Waals surface area contributed by atoms with Crippen LogP contribution in [0.25, 0.3) is 0 Å². The first-order valence-electron chi connectivity index (χ1n) is 6.99. The Hall–Kier alpha value is -0.850. The van der Waals surface area contributed by atoms with Crippen LogP contribution in [-0.2, 0) is 14.3 Å². The Morgan fingerprint density at radius 3 is 2.50 bits per heavy atom. The summed E-state index contributed by atoms with van der Waals surface area (Å²) in [7, 11) is 1.40. The molecule has 7 heteroatoms. The minimum atomic E-state index is -0.212. The first kappa shape index (κ1) is 17.2. The van der Waals surface area contributed by atoms with Gasteiger partial charge < -0.3 is 15.0 Å². The fourth-order valence-corrected chi connectivity index (χ4v) is 2.69. The van der Waals surface area contributed by atoms with Gasteiger partial charge in [-0.1, -0.05) is 0 Å². The van der Waals surface area contributed by atoms with Crippen LogP contribution in [-0.4, -0.2) is 74.6 Å². The highest BCUT2D eigenvalue weighted by molar-refractivity contribution is 5.85. The van der Waals surface area contributed by atoms with Gasteiger partial charge in [-0.15, -0.1) is 12.4 Å². The van der Waals surface area contributed by atoms with Gasteiger partial charge in [0, 0.05) is 32.7 Å². The van der Waals surface area contributed by atoms with Crippen molar-refractivity contribution in [1.82, 2.24) is 15.1 Å². The standard InChI is InChI=1S/C13H23N3O3.ClH/c1-19-12(17)10-15-5-7-16(8-6-15)13(18)11-3-2-4-14-9-11;/h11,14H,2-10H2,1H3;1H/t11-;/m1./s1. The Kier molecular flexibility index (Phi) is 7.26. The van der Waals surface area contributed by atoms with E-state index < -0.39 is 0 Å². The fraction of sp³-hybridized carbons (Fsp3) is 0.846. The van der Waals surface area contributed by atoms with E-state index in [1.807, 2.05) is 9.80 Å². The first-order chi connectivity index (χ1) is 9.20. The van der Waals surface area contributed by atoms with Gasteiger partial charge in [-0.2, -0.15) is 0 Å². The van der Waals surface area contributed by atoms with Crippen LogP contribution in [0.4, 0.5) is 0 Å². The minimum Gasteiger partial charge on any atom is -0.468 e. The van der Waals surface area contributed by atoms with E-state index >= 15 is 0 Å². The predicted octanol–water partition coefficient (Wildman–Crippen LogP) is -0.275. The number of piperazine rings is 1. The summed E-state index contributed by atoms with van der Waals surface area (Å²) in [4.78, 5) is 27.5. The quantitative estimate of drug-likeness (QED) is 0.727. The molecule has 6 nitrogen and oxygen atoms in total. The molecular formula is C13H24ClN3O3. The summed E-state index contributed by atoms with van der Waals surface area (Å²) in [6.07, 6.45) is 2.08. The van der Waals surface area contributed by atoms with E-state index in [1.54, 1.807) is 0 Å². The zero-order chi connectivity index (χ0) is 13.7. The highest BCUT2D eigenvalue weighted by atomic mass is 35.5. The van der Waals surface area contributed by atoms with Crippen molar-refractivity contribution in [2.75, 3.05) is 52.9 Å². The molecule has 0 bridgehead atoms. The number of rotatable bonds is 3. The lowest BCUT2D eigenvalue weighted by Crippen LogP contribution is -2.52. The van der Waals surface area contributed by atoms with E-state index in [2.05, 4.69) is 10.1 Å². The predicted molar refractivity (Wildman–Crippen MR) is 77.9 cm³/mol. The molecule has 20 heavy (non-hydrogen) atoms. The zero-order valence-electron chi connectivity index (χ0n) is 12.0. The number of hydrogen-bond donors (Lipinski definition) is 1. The Morgan fingerprint density at radius 1 is 1.25 bits per heavy atom. The van der Waals surface area contributed by atoms with Crippen LogP contribution < -0.4 is 5.32 Å². The highest BCUT2D eigenvalue weighted by Gasteiger charge is 2.28. The van der Waals surface area contributed by atoms with Crippen molar-refractivity contribution in [3.05, 3.63) is 0 Å². The van der Waals surface area contributed by atoms with E-state index in [9.17, 15) is 9.59 Å².